The lowest BCUT2D eigenvalue weighted by Gasteiger charge is -2.15. The number of nitrogens with zero attached hydrogens (tertiary/aromatic N) is 2. The molecule has 0 aliphatic heterocycles. The fraction of sp³-hybridized carbons (Fsp3) is 0.111. The van der Waals surface area contributed by atoms with Crippen LogP contribution < -0.4 is 10.6 Å². The zero-order valence-corrected chi connectivity index (χ0v) is 15.8. The van der Waals surface area contributed by atoms with Gasteiger partial charge in [0, 0.05) is 12.3 Å². The summed E-state index contributed by atoms with van der Waals surface area (Å²) in [5, 5.41) is 8.34. The minimum atomic E-state index is -4.63. The van der Waals surface area contributed by atoms with Crippen molar-refractivity contribution >= 4 is 28.8 Å². The fourth-order valence-corrected chi connectivity index (χ4v) is 2.79. The van der Waals surface area contributed by atoms with Crippen LogP contribution in [0.4, 0.5) is 46.6 Å². The van der Waals surface area contributed by atoms with Crippen molar-refractivity contribution in [3.05, 3.63) is 76.7 Å². The highest BCUT2D eigenvalue weighted by atomic mass is 32.1. The number of hydrogen-bond donors (Lipinski definition) is 2. The molecule has 0 atom stereocenters. The molecule has 164 valence electrons. The van der Waals surface area contributed by atoms with Crippen molar-refractivity contribution in [3.63, 3.8) is 0 Å². The van der Waals surface area contributed by atoms with E-state index in [0.29, 0.717) is 0 Å². The molecule has 0 aliphatic carbocycles. The fourth-order valence-electron chi connectivity index (χ4n) is 2.58. The maximum absolute atomic E-state index is 13.8. The summed E-state index contributed by atoms with van der Waals surface area (Å²) in [5.41, 5.74) is -2.39. The summed E-state index contributed by atoms with van der Waals surface area (Å²) in [4.78, 5) is 0. The molecular formula is C18H10F8N4S. The SMILES string of the molecule is Fc1c(F)c(F)c(Cn2ccc(NC(=S)Nc3ccccc3C(F)(F)F)n2)c(F)c1F. The van der Waals surface area contributed by atoms with Crippen LogP contribution in [-0.2, 0) is 12.7 Å². The predicted molar refractivity (Wildman–Crippen MR) is 98.8 cm³/mol. The van der Waals surface area contributed by atoms with Gasteiger partial charge in [0.2, 0.25) is 5.82 Å². The van der Waals surface area contributed by atoms with Crippen molar-refractivity contribution in [1.29, 1.82) is 0 Å². The Morgan fingerprint density at radius 2 is 1.45 bits per heavy atom. The Bertz CT molecular complexity index is 1110. The molecule has 13 heteroatoms. The van der Waals surface area contributed by atoms with Crippen LogP contribution in [0.3, 0.4) is 0 Å². The molecule has 0 fully saturated rings. The molecule has 0 amide bonds. The van der Waals surface area contributed by atoms with E-state index in [-0.39, 0.29) is 16.6 Å². The van der Waals surface area contributed by atoms with E-state index < -0.39 is 52.9 Å². The van der Waals surface area contributed by atoms with Gasteiger partial charge in [-0.05, 0) is 24.4 Å². The molecule has 0 saturated carbocycles. The average molecular weight is 466 g/mol. The second-order valence-corrected chi connectivity index (χ2v) is 6.48. The summed E-state index contributed by atoms with van der Waals surface area (Å²) in [6.07, 6.45) is -3.48. The van der Waals surface area contributed by atoms with Crippen molar-refractivity contribution in [1.82, 2.24) is 9.78 Å². The summed E-state index contributed by atoms with van der Waals surface area (Å²) in [6.45, 7) is -0.801. The van der Waals surface area contributed by atoms with E-state index in [1.807, 2.05) is 0 Å². The molecule has 0 bridgehead atoms. The van der Waals surface area contributed by atoms with E-state index in [0.717, 1.165) is 23.0 Å². The summed E-state index contributed by atoms with van der Waals surface area (Å²) in [6, 6.07) is 5.79. The number of alkyl halides is 3. The molecule has 0 aliphatic rings. The lowest BCUT2D eigenvalue weighted by atomic mass is 10.1. The maximum Gasteiger partial charge on any atom is 0.418 e. The normalized spacial score (nSPS) is 11.5. The van der Waals surface area contributed by atoms with Crippen LogP contribution in [0.25, 0.3) is 0 Å². The monoisotopic (exact) mass is 466 g/mol. The molecule has 3 rings (SSSR count). The van der Waals surface area contributed by atoms with Crippen LogP contribution in [-0.4, -0.2) is 14.9 Å². The van der Waals surface area contributed by atoms with E-state index in [1.165, 1.54) is 18.2 Å². The second kappa shape index (κ2) is 8.49. The maximum atomic E-state index is 13.8. The minimum Gasteiger partial charge on any atom is -0.332 e. The van der Waals surface area contributed by atoms with Gasteiger partial charge in [-0.15, -0.1) is 0 Å². The van der Waals surface area contributed by atoms with Crippen molar-refractivity contribution in [3.8, 4) is 0 Å². The van der Waals surface area contributed by atoms with Gasteiger partial charge in [0.15, 0.2) is 34.2 Å². The molecule has 4 nitrogen and oxygen atoms in total. The highest BCUT2D eigenvalue weighted by molar-refractivity contribution is 7.80. The first-order valence-corrected chi connectivity index (χ1v) is 8.68. The lowest BCUT2D eigenvalue weighted by Crippen LogP contribution is -2.22. The molecule has 3 aromatic rings. The Morgan fingerprint density at radius 1 is 0.871 bits per heavy atom. The quantitative estimate of drug-likeness (QED) is 0.232. The molecule has 0 saturated heterocycles. The van der Waals surface area contributed by atoms with E-state index in [2.05, 4.69) is 15.7 Å². The van der Waals surface area contributed by atoms with Gasteiger partial charge in [-0.1, -0.05) is 12.1 Å². The summed E-state index contributed by atoms with van der Waals surface area (Å²) in [7, 11) is 0. The van der Waals surface area contributed by atoms with Crippen LogP contribution >= 0.6 is 12.2 Å². The number of rotatable bonds is 4. The van der Waals surface area contributed by atoms with Crippen molar-refractivity contribution < 1.29 is 35.1 Å². The van der Waals surface area contributed by atoms with Crippen molar-refractivity contribution in [2.24, 2.45) is 0 Å². The van der Waals surface area contributed by atoms with Crippen molar-refractivity contribution in [2.45, 2.75) is 12.7 Å². The van der Waals surface area contributed by atoms with Crippen LogP contribution in [0.5, 0.6) is 0 Å². The first-order valence-electron chi connectivity index (χ1n) is 8.27. The van der Waals surface area contributed by atoms with Crippen LogP contribution in [0.15, 0.2) is 36.5 Å². The molecular weight excluding hydrogens is 456 g/mol. The number of thiocarbonyl (C=S) groups is 1. The summed E-state index contributed by atoms with van der Waals surface area (Å²) >= 11 is 4.93. The molecule has 0 radical (unpaired) electrons. The van der Waals surface area contributed by atoms with Crippen molar-refractivity contribution in [2.75, 3.05) is 10.6 Å². The molecule has 0 spiro atoms. The number of anilines is 2. The number of aromatic nitrogens is 2. The van der Waals surface area contributed by atoms with Crippen LogP contribution in [0, 0.1) is 29.1 Å². The first kappa shape index (κ1) is 22.5. The highest BCUT2D eigenvalue weighted by Crippen LogP contribution is 2.34. The van der Waals surface area contributed by atoms with Gasteiger partial charge in [-0.3, -0.25) is 4.68 Å². The van der Waals surface area contributed by atoms with Crippen LogP contribution in [0.1, 0.15) is 11.1 Å². The zero-order valence-electron chi connectivity index (χ0n) is 15.0. The van der Waals surface area contributed by atoms with E-state index >= 15 is 0 Å². The first-order chi connectivity index (χ1) is 14.5. The Balaban J connectivity index is 1.74. The molecule has 0 unspecified atom stereocenters. The number of halogens is 8. The Kier molecular flexibility index (Phi) is 6.15. The molecule has 1 aromatic heterocycles. The summed E-state index contributed by atoms with van der Waals surface area (Å²) in [5.74, 6) is -10.5. The van der Waals surface area contributed by atoms with E-state index in [9.17, 15) is 35.1 Å². The van der Waals surface area contributed by atoms with Gasteiger partial charge in [-0.2, -0.15) is 18.3 Å². The van der Waals surface area contributed by atoms with Gasteiger partial charge in [0.05, 0.1) is 23.4 Å². The largest absolute Gasteiger partial charge is 0.418 e. The minimum absolute atomic E-state index is 0.0501. The smallest absolute Gasteiger partial charge is 0.332 e. The molecule has 2 aromatic carbocycles. The standard InChI is InChI=1S/C18H10F8N4S/c19-12-8(13(20)15(22)16(23)14(12)21)7-30-6-5-11(29-30)28-17(31)27-10-4-2-1-3-9(10)18(24,25)26/h1-6H,7H2,(H2,27,28,29,31). The van der Waals surface area contributed by atoms with Gasteiger partial charge < -0.3 is 10.6 Å². The molecule has 31 heavy (non-hydrogen) atoms. The zero-order chi connectivity index (χ0) is 22.9. The third-order valence-electron chi connectivity index (χ3n) is 3.98. The number of nitrogens with one attached hydrogen (secondary N) is 2. The molecule has 2 N–H and O–H groups in total. The van der Waals surface area contributed by atoms with Gasteiger partial charge >= 0.3 is 6.18 Å². The third kappa shape index (κ3) is 4.76. The number of benzene rings is 2. The Hall–Kier alpha value is -3.22. The van der Waals surface area contributed by atoms with Gasteiger partial charge in [-0.25, -0.2) is 22.0 Å². The second-order valence-electron chi connectivity index (χ2n) is 6.07. The Morgan fingerprint density at radius 3 is 2.06 bits per heavy atom. The summed E-state index contributed by atoms with van der Waals surface area (Å²) < 4.78 is 107. The lowest BCUT2D eigenvalue weighted by molar-refractivity contribution is -0.136. The van der Waals surface area contributed by atoms with Gasteiger partial charge in [0.1, 0.15) is 0 Å². The van der Waals surface area contributed by atoms with Crippen LogP contribution in [0.2, 0.25) is 0 Å². The number of para-hydroxylation sites is 1. The topological polar surface area (TPSA) is 41.9 Å². The van der Waals surface area contributed by atoms with E-state index in [1.54, 1.807) is 0 Å². The Labute approximate surface area is 174 Å². The average Bonchev–Trinajstić information content (AvgIpc) is 3.14. The molecule has 1 heterocycles. The predicted octanol–water partition coefficient (Wildman–Crippen LogP) is 5.45. The highest BCUT2D eigenvalue weighted by Gasteiger charge is 2.33. The van der Waals surface area contributed by atoms with E-state index in [4.69, 9.17) is 12.2 Å². The number of hydrogen-bond acceptors (Lipinski definition) is 2. The third-order valence-corrected chi connectivity index (χ3v) is 4.19. The van der Waals surface area contributed by atoms with Gasteiger partial charge in [0.25, 0.3) is 0 Å².